The van der Waals surface area contributed by atoms with Crippen LogP contribution in [0.25, 0.3) is 11.0 Å². The predicted molar refractivity (Wildman–Crippen MR) is 90.8 cm³/mol. The summed E-state index contributed by atoms with van der Waals surface area (Å²) in [5, 5.41) is 3.50. The largest absolute Gasteiger partial charge is 0.434 e. The van der Waals surface area contributed by atoms with E-state index in [-0.39, 0.29) is 23.7 Å². The number of ether oxygens (including phenoxy) is 1. The molecule has 2 aliphatic heterocycles. The molecule has 8 heteroatoms. The van der Waals surface area contributed by atoms with Crippen LogP contribution in [-0.4, -0.2) is 22.1 Å². The molecule has 2 bridgehead atoms. The molecule has 132 valence electrons. The summed E-state index contributed by atoms with van der Waals surface area (Å²) in [6.45, 7) is -2.97. The lowest BCUT2D eigenvalue weighted by Crippen LogP contribution is -2.28. The number of halogens is 3. The monoisotopic (exact) mass is 375 g/mol. The average Bonchev–Trinajstić information content (AvgIpc) is 3.07. The summed E-state index contributed by atoms with van der Waals surface area (Å²) < 4.78 is 32.5. The van der Waals surface area contributed by atoms with Crippen LogP contribution in [0.3, 0.4) is 0 Å². The molecular formula is C18H12ClF2N3O2. The predicted octanol–water partition coefficient (Wildman–Crippen LogP) is 4.07. The van der Waals surface area contributed by atoms with Crippen LogP contribution < -0.4 is 10.1 Å². The number of amides is 1. The molecule has 3 aromatic rings. The zero-order valence-electron chi connectivity index (χ0n) is 13.2. The van der Waals surface area contributed by atoms with E-state index in [1.165, 1.54) is 6.07 Å². The van der Waals surface area contributed by atoms with E-state index < -0.39 is 6.61 Å². The van der Waals surface area contributed by atoms with E-state index in [0.29, 0.717) is 28.4 Å². The number of benzene rings is 2. The van der Waals surface area contributed by atoms with Crippen LogP contribution in [0.5, 0.6) is 5.75 Å². The Morgan fingerprint density at radius 1 is 1.31 bits per heavy atom. The van der Waals surface area contributed by atoms with Crippen LogP contribution >= 0.6 is 11.6 Å². The van der Waals surface area contributed by atoms with E-state index in [2.05, 4.69) is 10.3 Å². The molecule has 5 rings (SSSR count). The van der Waals surface area contributed by atoms with Crippen LogP contribution in [0.15, 0.2) is 36.4 Å². The molecule has 1 N–H and O–H groups in total. The number of rotatable bonds is 2. The highest BCUT2D eigenvalue weighted by molar-refractivity contribution is 6.31. The minimum atomic E-state index is -2.97. The third-order valence-electron chi connectivity index (χ3n) is 4.93. The molecule has 0 saturated heterocycles. The van der Waals surface area contributed by atoms with E-state index >= 15 is 0 Å². The van der Waals surface area contributed by atoms with Crippen molar-refractivity contribution in [2.24, 2.45) is 0 Å². The minimum Gasteiger partial charge on any atom is -0.434 e. The second-order valence-corrected chi connectivity index (χ2v) is 6.78. The Balaban J connectivity index is 1.79. The first-order chi connectivity index (χ1) is 12.5. The number of alkyl halides is 2. The van der Waals surface area contributed by atoms with Gasteiger partial charge in [-0.25, -0.2) is 4.98 Å². The normalized spacial score (nSPS) is 20.7. The van der Waals surface area contributed by atoms with Crippen molar-refractivity contribution in [3.05, 3.63) is 58.4 Å². The number of carbonyl (C=O) groups excluding carboxylic acids is 1. The van der Waals surface area contributed by atoms with E-state index in [9.17, 15) is 13.6 Å². The third kappa shape index (κ3) is 2.13. The lowest BCUT2D eigenvalue weighted by atomic mass is 9.97. The Morgan fingerprint density at radius 3 is 2.96 bits per heavy atom. The molecule has 1 aromatic heterocycles. The fourth-order valence-corrected chi connectivity index (χ4v) is 4.15. The molecule has 26 heavy (non-hydrogen) atoms. The van der Waals surface area contributed by atoms with Gasteiger partial charge in [-0.1, -0.05) is 17.7 Å². The van der Waals surface area contributed by atoms with Crippen molar-refractivity contribution in [3.8, 4) is 5.75 Å². The third-order valence-corrected chi connectivity index (χ3v) is 5.16. The molecule has 2 atom stereocenters. The zero-order chi connectivity index (χ0) is 18.0. The van der Waals surface area contributed by atoms with Crippen LogP contribution in [0.2, 0.25) is 5.02 Å². The molecule has 2 aromatic carbocycles. The molecule has 1 amide bonds. The van der Waals surface area contributed by atoms with Crippen LogP contribution in [0.4, 0.5) is 8.78 Å². The SMILES string of the molecule is O=C1N[C@H]2C[C@@H](c3c(OC(F)F)cccc31)n1c2nc2ccc(Cl)cc21. The lowest BCUT2D eigenvalue weighted by Gasteiger charge is -2.21. The maximum atomic E-state index is 12.9. The molecule has 0 fully saturated rings. The van der Waals surface area contributed by atoms with Gasteiger partial charge in [0.1, 0.15) is 11.6 Å². The molecule has 2 aliphatic rings. The van der Waals surface area contributed by atoms with Gasteiger partial charge in [-0.05, 0) is 36.8 Å². The van der Waals surface area contributed by atoms with E-state index in [0.717, 1.165) is 11.0 Å². The minimum absolute atomic E-state index is 0.00929. The number of hydrogen-bond acceptors (Lipinski definition) is 3. The molecule has 5 nitrogen and oxygen atoms in total. The van der Waals surface area contributed by atoms with Crippen LogP contribution in [0, 0.1) is 0 Å². The van der Waals surface area contributed by atoms with E-state index in [4.69, 9.17) is 16.3 Å². The Kier molecular flexibility index (Phi) is 3.24. The number of aromatic nitrogens is 2. The van der Waals surface area contributed by atoms with E-state index in [1.54, 1.807) is 30.3 Å². The summed E-state index contributed by atoms with van der Waals surface area (Å²) in [5.41, 5.74) is 2.33. The fourth-order valence-electron chi connectivity index (χ4n) is 3.98. The Hall–Kier alpha value is -2.67. The summed E-state index contributed by atoms with van der Waals surface area (Å²) in [5.74, 6) is 0.386. The van der Waals surface area contributed by atoms with Gasteiger partial charge < -0.3 is 14.6 Å². The standard InChI is InChI=1S/C18H12ClF2N3O2/c19-8-4-5-10-12(6-8)24-13-7-11(16(24)22-10)23-17(25)9-2-1-3-14(15(9)13)26-18(20)21/h1-6,11,13,18H,7H2,(H,23,25)/t11-,13-/m0/s1. The number of hydrogen-bond donors (Lipinski definition) is 1. The first-order valence-corrected chi connectivity index (χ1v) is 8.46. The Labute approximate surface area is 151 Å². The van der Waals surface area contributed by atoms with Gasteiger partial charge in [-0.3, -0.25) is 4.79 Å². The number of nitrogens with zero attached hydrogens (tertiary/aromatic N) is 2. The summed E-state index contributed by atoms with van der Waals surface area (Å²) in [7, 11) is 0. The van der Waals surface area contributed by atoms with Crippen LogP contribution in [-0.2, 0) is 0 Å². The van der Waals surface area contributed by atoms with Gasteiger partial charge in [0, 0.05) is 16.1 Å². The fraction of sp³-hybridized carbons (Fsp3) is 0.222. The summed E-state index contributed by atoms with van der Waals surface area (Å²) in [4.78, 5) is 17.2. The first-order valence-electron chi connectivity index (χ1n) is 8.09. The van der Waals surface area contributed by atoms with Crippen LogP contribution in [0.1, 0.15) is 40.3 Å². The lowest BCUT2D eigenvalue weighted by molar-refractivity contribution is -0.0507. The van der Waals surface area contributed by atoms with Crippen molar-refractivity contribution in [1.82, 2.24) is 14.9 Å². The second-order valence-electron chi connectivity index (χ2n) is 6.35. The molecule has 0 saturated carbocycles. The highest BCUT2D eigenvalue weighted by atomic mass is 35.5. The average molecular weight is 376 g/mol. The quantitative estimate of drug-likeness (QED) is 0.734. The zero-order valence-corrected chi connectivity index (χ0v) is 14.0. The first kappa shape index (κ1) is 15.6. The number of nitrogens with one attached hydrogen (secondary N) is 1. The van der Waals surface area contributed by atoms with E-state index in [1.807, 2.05) is 4.57 Å². The second kappa shape index (κ2) is 5.41. The van der Waals surface area contributed by atoms with Crippen molar-refractivity contribution in [2.75, 3.05) is 0 Å². The van der Waals surface area contributed by atoms with Crippen molar-refractivity contribution in [1.29, 1.82) is 0 Å². The highest BCUT2D eigenvalue weighted by Crippen LogP contribution is 2.47. The molecule has 3 heterocycles. The van der Waals surface area contributed by atoms with Gasteiger partial charge in [-0.2, -0.15) is 8.78 Å². The van der Waals surface area contributed by atoms with Gasteiger partial charge >= 0.3 is 6.61 Å². The molecule has 0 spiro atoms. The van der Waals surface area contributed by atoms with Gasteiger partial charge in [0.15, 0.2) is 0 Å². The van der Waals surface area contributed by atoms with Crippen molar-refractivity contribution >= 4 is 28.5 Å². The highest BCUT2D eigenvalue weighted by Gasteiger charge is 2.42. The van der Waals surface area contributed by atoms with Gasteiger partial charge in [0.25, 0.3) is 5.91 Å². The summed E-state index contributed by atoms with van der Waals surface area (Å²) in [6.07, 6.45) is 0.521. The molecule has 0 radical (unpaired) electrons. The maximum Gasteiger partial charge on any atom is 0.387 e. The van der Waals surface area contributed by atoms with Crippen molar-refractivity contribution in [3.63, 3.8) is 0 Å². The summed E-state index contributed by atoms with van der Waals surface area (Å²) in [6, 6.07) is 9.32. The van der Waals surface area contributed by atoms with Crippen molar-refractivity contribution in [2.45, 2.75) is 25.1 Å². The van der Waals surface area contributed by atoms with Gasteiger partial charge in [0.2, 0.25) is 0 Å². The van der Waals surface area contributed by atoms with Crippen molar-refractivity contribution < 1.29 is 18.3 Å². The molecule has 0 aliphatic carbocycles. The number of fused-ring (bicyclic) bond motifs is 9. The smallest absolute Gasteiger partial charge is 0.387 e. The number of imidazole rings is 1. The van der Waals surface area contributed by atoms with Gasteiger partial charge in [-0.15, -0.1) is 0 Å². The van der Waals surface area contributed by atoms with Gasteiger partial charge in [0.05, 0.1) is 23.1 Å². The molecule has 0 unspecified atom stereocenters. The number of carbonyl (C=O) groups is 1. The summed E-state index contributed by atoms with van der Waals surface area (Å²) >= 11 is 6.14. The maximum absolute atomic E-state index is 12.9. The molecular weight excluding hydrogens is 364 g/mol. The Morgan fingerprint density at radius 2 is 2.15 bits per heavy atom. The Bertz CT molecular complexity index is 1070. The topological polar surface area (TPSA) is 56.1 Å².